The second kappa shape index (κ2) is 7.49. The lowest BCUT2D eigenvalue weighted by molar-refractivity contribution is -0.139. The Hall–Kier alpha value is -2.75. The third-order valence-electron chi connectivity index (χ3n) is 3.10. The number of halogens is 1. The number of esters is 1. The van der Waals surface area contributed by atoms with Crippen LogP contribution in [0.3, 0.4) is 0 Å². The topological polar surface area (TPSA) is 79.8 Å². The smallest absolute Gasteiger partial charge is 0.422 e. The zero-order valence-corrected chi connectivity index (χ0v) is 13.1. The van der Waals surface area contributed by atoms with Crippen LogP contribution in [0.4, 0.5) is 0 Å². The van der Waals surface area contributed by atoms with Gasteiger partial charge >= 0.3 is 11.7 Å². The van der Waals surface area contributed by atoms with E-state index in [2.05, 4.69) is 4.79 Å². The van der Waals surface area contributed by atoms with Crippen molar-refractivity contribution in [2.45, 2.75) is 6.92 Å². The minimum atomic E-state index is -0.800. The summed E-state index contributed by atoms with van der Waals surface area (Å²) in [6.07, 6.45) is 0. The molecule has 23 heavy (non-hydrogen) atoms. The standard InChI is InChI=1S/C17H13ClN2O3/c1-2-23-17(22)15(20-19)13-5-3-4-6-14(13)16(21)11-7-9-12(18)10-8-11/h3-10H,2H2,1H3. The Labute approximate surface area is 138 Å². The molecular weight excluding hydrogens is 316 g/mol. The van der Waals surface area contributed by atoms with Gasteiger partial charge in [-0.05, 0) is 37.3 Å². The van der Waals surface area contributed by atoms with E-state index in [0.29, 0.717) is 10.6 Å². The lowest BCUT2D eigenvalue weighted by atomic mass is 9.96. The summed E-state index contributed by atoms with van der Waals surface area (Å²) in [5, 5.41) is 0.513. The summed E-state index contributed by atoms with van der Waals surface area (Å²) in [5.74, 6) is -1.12. The molecule has 5 nitrogen and oxygen atoms in total. The minimum Gasteiger partial charge on any atom is -0.457 e. The average molecular weight is 329 g/mol. The summed E-state index contributed by atoms with van der Waals surface area (Å²) in [5.41, 5.74) is 9.67. The number of hydrogen-bond acceptors (Lipinski definition) is 3. The Balaban J connectivity index is 2.49. The fourth-order valence-corrected chi connectivity index (χ4v) is 2.17. The molecule has 0 heterocycles. The highest BCUT2D eigenvalue weighted by Crippen LogP contribution is 2.17. The Morgan fingerprint density at radius 3 is 2.26 bits per heavy atom. The normalized spacial score (nSPS) is 9.83. The van der Waals surface area contributed by atoms with Crippen molar-refractivity contribution in [3.05, 3.63) is 75.8 Å². The molecular formula is C17H13ClN2O3. The van der Waals surface area contributed by atoms with Crippen LogP contribution in [0.2, 0.25) is 5.02 Å². The highest BCUT2D eigenvalue weighted by molar-refractivity contribution is 6.42. The molecule has 2 aromatic carbocycles. The first-order chi connectivity index (χ1) is 11.1. The molecule has 116 valence electrons. The van der Waals surface area contributed by atoms with E-state index in [-0.39, 0.29) is 29.2 Å². The third kappa shape index (κ3) is 3.72. The number of benzene rings is 2. The SMILES string of the molecule is CCOC(=O)C(=[N+]=[N-])c1ccccc1C(=O)c1ccc(Cl)cc1. The van der Waals surface area contributed by atoms with Crippen molar-refractivity contribution in [3.8, 4) is 0 Å². The van der Waals surface area contributed by atoms with Crippen LogP contribution in [-0.4, -0.2) is 28.9 Å². The number of carbonyl (C=O) groups excluding carboxylic acids is 2. The third-order valence-corrected chi connectivity index (χ3v) is 3.35. The van der Waals surface area contributed by atoms with Gasteiger partial charge in [-0.15, -0.1) is 0 Å². The predicted octanol–water partition coefficient (Wildman–Crippen LogP) is 3.15. The number of nitrogens with zero attached hydrogens (tertiary/aromatic N) is 2. The van der Waals surface area contributed by atoms with Gasteiger partial charge < -0.3 is 10.3 Å². The van der Waals surface area contributed by atoms with Crippen LogP contribution >= 0.6 is 11.6 Å². The summed E-state index contributed by atoms with van der Waals surface area (Å²) >= 11 is 5.82. The monoisotopic (exact) mass is 328 g/mol. The van der Waals surface area contributed by atoms with E-state index in [1.54, 1.807) is 49.4 Å². The minimum absolute atomic E-state index is 0.130. The van der Waals surface area contributed by atoms with E-state index in [0.717, 1.165) is 0 Å². The van der Waals surface area contributed by atoms with Gasteiger partial charge in [-0.25, -0.2) is 4.79 Å². The fourth-order valence-electron chi connectivity index (χ4n) is 2.05. The van der Waals surface area contributed by atoms with Crippen molar-refractivity contribution in [1.29, 1.82) is 0 Å². The molecule has 0 aliphatic carbocycles. The summed E-state index contributed by atoms with van der Waals surface area (Å²) in [7, 11) is 0. The molecule has 6 heteroatoms. The first-order valence-electron chi connectivity index (χ1n) is 6.87. The van der Waals surface area contributed by atoms with Crippen LogP contribution in [-0.2, 0) is 9.53 Å². The second-order valence-electron chi connectivity index (χ2n) is 4.55. The van der Waals surface area contributed by atoms with Gasteiger partial charge in [-0.3, -0.25) is 4.79 Å². The molecule has 2 aromatic rings. The number of carbonyl (C=O) groups is 2. The largest absolute Gasteiger partial charge is 0.457 e. The molecule has 0 bridgehead atoms. The summed E-state index contributed by atoms with van der Waals surface area (Å²) in [4.78, 5) is 27.5. The highest BCUT2D eigenvalue weighted by Gasteiger charge is 2.29. The number of rotatable bonds is 5. The van der Waals surface area contributed by atoms with E-state index in [9.17, 15) is 9.59 Å². The molecule has 0 aliphatic heterocycles. The molecule has 0 saturated heterocycles. The predicted molar refractivity (Wildman–Crippen MR) is 85.7 cm³/mol. The Morgan fingerprint density at radius 2 is 1.70 bits per heavy atom. The maximum Gasteiger partial charge on any atom is 0.422 e. The Kier molecular flexibility index (Phi) is 5.41. The number of ether oxygens (including phenoxy) is 1. The number of ketones is 1. The molecule has 0 unspecified atom stereocenters. The zero-order chi connectivity index (χ0) is 16.8. The van der Waals surface area contributed by atoms with Gasteiger partial charge in [0, 0.05) is 16.1 Å². The van der Waals surface area contributed by atoms with Crippen LogP contribution in [0.25, 0.3) is 5.53 Å². The molecule has 0 spiro atoms. The van der Waals surface area contributed by atoms with Gasteiger partial charge in [0.1, 0.15) is 0 Å². The molecule has 0 radical (unpaired) electrons. The van der Waals surface area contributed by atoms with Gasteiger partial charge in [0.05, 0.1) is 12.2 Å². The molecule has 0 saturated carbocycles. The van der Waals surface area contributed by atoms with E-state index >= 15 is 0 Å². The zero-order valence-electron chi connectivity index (χ0n) is 12.3. The van der Waals surface area contributed by atoms with Crippen LogP contribution in [0.1, 0.15) is 28.4 Å². The maximum atomic E-state index is 12.6. The van der Waals surface area contributed by atoms with Crippen molar-refractivity contribution in [2.75, 3.05) is 6.61 Å². The summed E-state index contributed by atoms with van der Waals surface area (Å²) in [6.45, 7) is 1.77. The van der Waals surface area contributed by atoms with Crippen LogP contribution in [0.5, 0.6) is 0 Å². The quantitative estimate of drug-likeness (QED) is 0.278. The van der Waals surface area contributed by atoms with Crippen molar-refractivity contribution in [1.82, 2.24) is 0 Å². The van der Waals surface area contributed by atoms with Crippen LogP contribution in [0, 0.1) is 0 Å². The molecule has 0 fully saturated rings. The van der Waals surface area contributed by atoms with E-state index in [4.69, 9.17) is 21.9 Å². The van der Waals surface area contributed by atoms with Crippen molar-refractivity contribution < 1.29 is 19.1 Å². The lowest BCUT2D eigenvalue weighted by Crippen LogP contribution is -2.22. The lowest BCUT2D eigenvalue weighted by Gasteiger charge is -2.06. The maximum absolute atomic E-state index is 12.6. The molecule has 0 aromatic heterocycles. The second-order valence-corrected chi connectivity index (χ2v) is 4.99. The molecule has 0 aliphatic rings. The van der Waals surface area contributed by atoms with Gasteiger partial charge in [0.15, 0.2) is 5.78 Å². The van der Waals surface area contributed by atoms with Gasteiger partial charge in [-0.2, -0.15) is 4.79 Å². The van der Waals surface area contributed by atoms with E-state index in [1.807, 2.05) is 0 Å². The van der Waals surface area contributed by atoms with Crippen molar-refractivity contribution >= 4 is 29.1 Å². The molecule has 0 N–H and O–H groups in total. The van der Waals surface area contributed by atoms with E-state index in [1.165, 1.54) is 6.07 Å². The van der Waals surface area contributed by atoms with E-state index < -0.39 is 5.97 Å². The summed E-state index contributed by atoms with van der Waals surface area (Å²) in [6, 6.07) is 12.7. The first kappa shape index (κ1) is 16.6. The van der Waals surface area contributed by atoms with Crippen molar-refractivity contribution in [2.24, 2.45) is 0 Å². The molecule has 2 rings (SSSR count). The highest BCUT2D eigenvalue weighted by atomic mass is 35.5. The Bertz CT molecular complexity index is 794. The fraction of sp³-hybridized carbons (Fsp3) is 0.118. The van der Waals surface area contributed by atoms with Gasteiger partial charge in [-0.1, -0.05) is 29.8 Å². The van der Waals surface area contributed by atoms with Crippen LogP contribution in [0.15, 0.2) is 48.5 Å². The van der Waals surface area contributed by atoms with Gasteiger partial charge in [0.2, 0.25) is 0 Å². The van der Waals surface area contributed by atoms with Crippen LogP contribution < -0.4 is 0 Å². The Morgan fingerprint density at radius 1 is 1.09 bits per heavy atom. The average Bonchev–Trinajstić information content (AvgIpc) is 2.56. The van der Waals surface area contributed by atoms with Crippen molar-refractivity contribution in [3.63, 3.8) is 0 Å². The molecule has 0 atom stereocenters. The molecule has 0 amide bonds. The number of hydrogen-bond donors (Lipinski definition) is 0. The summed E-state index contributed by atoms with van der Waals surface area (Å²) < 4.78 is 4.85. The first-order valence-corrected chi connectivity index (χ1v) is 7.25. The van der Waals surface area contributed by atoms with Gasteiger partial charge in [0.25, 0.3) is 0 Å².